The summed E-state index contributed by atoms with van der Waals surface area (Å²) in [7, 11) is 0. The van der Waals surface area contributed by atoms with Crippen LogP contribution in [0.15, 0.2) is 30.3 Å². The Balaban J connectivity index is 2.34. The standard InChI is InChI=1S/C11H12I2O2/c12-7-6-10(13)11(14)15-8-9-4-2-1-3-5-9/h1-5,10H,6-8H2. The summed E-state index contributed by atoms with van der Waals surface area (Å²) in [6.45, 7) is 0.375. The monoisotopic (exact) mass is 430 g/mol. The molecule has 0 aliphatic rings. The van der Waals surface area contributed by atoms with Crippen LogP contribution in [0.5, 0.6) is 0 Å². The molecule has 0 saturated carbocycles. The van der Waals surface area contributed by atoms with E-state index in [0.717, 1.165) is 16.4 Å². The lowest BCUT2D eigenvalue weighted by atomic mass is 10.2. The van der Waals surface area contributed by atoms with Crippen LogP contribution in [0.1, 0.15) is 12.0 Å². The Hall–Kier alpha value is 0.150. The maximum absolute atomic E-state index is 11.5. The molecule has 2 nitrogen and oxygen atoms in total. The first kappa shape index (κ1) is 13.2. The molecule has 1 unspecified atom stereocenters. The first-order valence-electron chi connectivity index (χ1n) is 4.64. The summed E-state index contributed by atoms with van der Waals surface area (Å²) in [5, 5.41) is 0. The third kappa shape index (κ3) is 5.14. The molecule has 0 saturated heterocycles. The zero-order chi connectivity index (χ0) is 11.1. The number of carbonyl (C=O) groups is 1. The van der Waals surface area contributed by atoms with Gasteiger partial charge in [-0.05, 0) is 12.0 Å². The second kappa shape index (κ2) is 7.43. The van der Waals surface area contributed by atoms with Crippen molar-refractivity contribution in [2.75, 3.05) is 4.43 Å². The van der Waals surface area contributed by atoms with Gasteiger partial charge in [0.15, 0.2) is 0 Å². The van der Waals surface area contributed by atoms with Gasteiger partial charge < -0.3 is 4.74 Å². The number of hydrogen-bond acceptors (Lipinski definition) is 2. The first-order valence-corrected chi connectivity index (χ1v) is 7.41. The lowest BCUT2D eigenvalue weighted by molar-refractivity contribution is -0.143. The Kier molecular flexibility index (Phi) is 6.54. The third-order valence-corrected chi connectivity index (χ3v) is 3.60. The molecular weight excluding hydrogens is 418 g/mol. The molecule has 0 bridgehead atoms. The number of alkyl halides is 2. The molecule has 0 spiro atoms. The molecule has 1 aromatic carbocycles. The average molecular weight is 430 g/mol. The molecule has 1 aromatic rings. The van der Waals surface area contributed by atoms with Gasteiger partial charge in [-0.25, -0.2) is 0 Å². The van der Waals surface area contributed by atoms with Gasteiger partial charge in [-0.3, -0.25) is 4.79 Å². The van der Waals surface area contributed by atoms with Crippen LogP contribution in [0, 0.1) is 0 Å². The maximum Gasteiger partial charge on any atom is 0.319 e. The Bertz CT molecular complexity index is 301. The fourth-order valence-electron chi connectivity index (χ4n) is 1.03. The summed E-state index contributed by atoms with van der Waals surface area (Å²) in [4.78, 5) is 11.5. The number of carbonyl (C=O) groups excluding carboxylic acids is 1. The molecule has 0 N–H and O–H groups in total. The molecular formula is C11H12I2O2. The highest BCUT2D eigenvalue weighted by atomic mass is 127. The normalized spacial score (nSPS) is 12.1. The lowest BCUT2D eigenvalue weighted by Gasteiger charge is -2.08. The largest absolute Gasteiger partial charge is 0.460 e. The van der Waals surface area contributed by atoms with Gasteiger partial charge in [-0.2, -0.15) is 0 Å². The molecule has 0 aliphatic carbocycles. The molecule has 0 heterocycles. The van der Waals surface area contributed by atoms with E-state index >= 15 is 0 Å². The van der Waals surface area contributed by atoms with Crippen molar-refractivity contribution in [1.29, 1.82) is 0 Å². The second-order valence-corrected chi connectivity index (χ2v) is 5.62. The van der Waals surface area contributed by atoms with Crippen molar-refractivity contribution in [3.63, 3.8) is 0 Å². The molecule has 82 valence electrons. The highest BCUT2D eigenvalue weighted by molar-refractivity contribution is 14.1. The van der Waals surface area contributed by atoms with Crippen molar-refractivity contribution in [1.82, 2.24) is 0 Å². The van der Waals surface area contributed by atoms with Gasteiger partial charge in [0, 0.05) is 4.43 Å². The lowest BCUT2D eigenvalue weighted by Crippen LogP contribution is -2.17. The third-order valence-electron chi connectivity index (χ3n) is 1.84. The van der Waals surface area contributed by atoms with Crippen LogP contribution in [0.2, 0.25) is 0 Å². The minimum Gasteiger partial charge on any atom is -0.460 e. The number of halogens is 2. The van der Waals surface area contributed by atoms with Crippen molar-refractivity contribution in [2.24, 2.45) is 0 Å². The van der Waals surface area contributed by atoms with E-state index in [1.165, 1.54) is 0 Å². The number of benzene rings is 1. The molecule has 0 fully saturated rings. The minimum absolute atomic E-state index is 0.0248. The van der Waals surface area contributed by atoms with Gasteiger partial charge in [0.25, 0.3) is 0 Å². The van der Waals surface area contributed by atoms with Crippen molar-refractivity contribution in [3.05, 3.63) is 35.9 Å². The van der Waals surface area contributed by atoms with Crippen LogP contribution < -0.4 is 0 Å². The fourth-order valence-corrected chi connectivity index (χ4v) is 3.34. The second-order valence-electron chi connectivity index (χ2n) is 3.04. The van der Waals surface area contributed by atoms with Gasteiger partial charge in [-0.15, -0.1) is 0 Å². The summed E-state index contributed by atoms with van der Waals surface area (Å²) in [6, 6.07) is 9.73. The molecule has 0 radical (unpaired) electrons. The average Bonchev–Trinajstić information content (AvgIpc) is 2.27. The Morgan fingerprint density at radius 3 is 2.60 bits per heavy atom. The quantitative estimate of drug-likeness (QED) is 0.407. The minimum atomic E-state index is -0.115. The van der Waals surface area contributed by atoms with Crippen molar-refractivity contribution >= 4 is 51.2 Å². The summed E-state index contributed by atoms with van der Waals surface area (Å²) in [5.41, 5.74) is 1.03. The van der Waals surface area contributed by atoms with Gasteiger partial charge in [-0.1, -0.05) is 75.5 Å². The number of esters is 1. The number of rotatable bonds is 5. The first-order chi connectivity index (χ1) is 7.24. The van der Waals surface area contributed by atoms with E-state index < -0.39 is 0 Å². The van der Waals surface area contributed by atoms with Crippen LogP contribution in [0.25, 0.3) is 0 Å². The number of ether oxygens (including phenoxy) is 1. The number of hydrogen-bond donors (Lipinski definition) is 0. The highest BCUT2D eigenvalue weighted by Gasteiger charge is 2.14. The van der Waals surface area contributed by atoms with Crippen molar-refractivity contribution < 1.29 is 9.53 Å². The predicted molar refractivity (Wildman–Crippen MR) is 77.6 cm³/mol. The molecule has 15 heavy (non-hydrogen) atoms. The topological polar surface area (TPSA) is 26.3 Å². The van der Waals surface area contributed by atoms with E-state index in [0.29, 0.717) is 6.61 Å². The molecule has 0 aromatic heterocycles. The Morgan fingerprint density at radius 2 is 2.00 bits per heavy atom. The molecule has 0 amide bonds. The fraction of sp³-hybridized carbons (Fsp3) is 0.364. The van der Waals surface area contributed by atoms with Gasteiger partial charge in [0.05, 0.1) is 0 Å². The molecule has 4 heteroatoms. The Morgan fingerprint density at radius 1 is 1.33 bits per heavy atom. The summed E-state index contributed by atoms with van der Waals surface area (Å²) < 4.78 is 6.15. The van der Waals surface area contributed by atoms with E-state index in [-0.39, 0.29) is 9.89 Å². The van der Waals surface area contributed by atoms with E-state index in [4.69, 9.17) is 4.74 Å². The van der Waals surface area contributed by atoms with E-state index in [1.807, 2.05) is 30.3 Å². The zero-order valence-electron chi connectivity index (χ0n) is 8.16. The summed E-state index contributed by atoms with van der Waals surface area (Å²) in [6.07, 6.45) is 0.870. The van der Waals surface area contributed by atoms with E-state index in [2.05, 4.69) is 45.2 Å². The molecule has 0 aliphatic heterocycles. The van der Waals surface area contributed by atoms with Gasteiger partial charge in [0.1, 0.15) is 10.5 Å². The van der Waals surface area contributed by atoms with Crippen LogP contribution in [-0.2, 0) is 16.1 Å². The smallest absolute Gasteiger partial charge is 0.319 e. The summed E-state index contributed by atoms with van der Waals surface area (Å²) >= 11 is 4.39. The van der Waals surface area contributed by atoms with E-state index in [1.54, 1.807) is 0 Å². The van der Waals surface area contributed by atoms with Gasteiger partial charge in [0.2, 0.25) is 0 Å². The van der Waals surface area contributed by atoms with Crippen LogP contribution >= 0.6 is 45.2 Å². The van der Waals surface area contributed by atoms with Crippen LogP contribution in [0.3, 0.4) is 0 Å². The predicted octanol–water partition coefficient (Wildman–Crippen LogP) is 3.36. The van der Waals surface area contributed by atoms with E-state index in [9.17, 15) is 4.79 Å². The molecule has 1 rings (SSSR count). The van der Waals surface area contributed by atoms with Crippen LogP contribution in [-0.4, -0.2) is 14.3 Å². The summed E-state index contributed by atoms with van der Waals surface area (Å²) in [5.74, 6) is -0.115. The Labute approximate surface area is 117 Å². The van der Waals surface area contributed by atoms with Crippen LogP contribution in [0.4, 0.5) is 0 Å². The van der Waals surface area contributed by atoms with Gasteiger partial charge >= 0.3 is 5.97 Å². The molecule has 1 atom stereocenters. The van der Waals surface area contributed by atoms with Crippen molar-refractivity contribution in [2.45, 2.75) is 17.0 Å². The maximum atomic E-state index is 11.5. The zero-order valence-corrected chi connectivity index (χ0v) is 12.5. The SMILES string of the molecule is O=C(OCc1ccccc1)C(I)CCI. The highest BCUT2D eigenvalue weighted by Crippen LogP contribution is 2.11. The van der Waals surface area contributed by atoms with Crippen molar-refractivity contribution in [3.8, 4) is 0 Å².